The number of benzene rings is 1. The maximum Gasteiger partial charge on any atom is 0.119 e. The van der Waals surface area contributed by atoms with Gasteiger partial charge in [-0.25, -0.2) is 0 Å². The summed E-state index contributed by atoms with van der Waals surface area (Å²) >= 11 is 0. The Labute approximate surface area is 96.4 Å². The summed E-state index contributed by atoms with van der Waals surface area (Å²) in [4.78, 5) is 0. The normalized spacial score (nSPS) is 28.3. The molecule has 1 aromatic rings. The lowest BCUT2D eigenvalue weighted by molar-refractivity contribution is 0.0992. The molecule has 2 rings (SSSR count). The molecule has 2 N–H and O–H groups in total. The molecule has 0 radical (unpaired) electrons. The molecule has 3 nitrogen and oxygen atoms in total. The lowest BCUT2D eigenvalue weighted by atomic mass is 9.69. The van der Waals surface area contributed by atoms with Gasteiger partial charge < -0.3 is 15.2 Å². The van der Waals surface area contributed by atoms with E-state index in [0.29, 0.717) is 5.92 Å². The van der Waals surface area contributed by atoms with Gasteiger partial charge in [0.05, 0.1) is 19.3 Å². The van der Waals surface area contributed by atoms with Gasteiger partial charge in [-0.2, -0.15) is 0 Å². The van der Waals surface area contributed by atoms with E-state index in [1.165, 1.54) is 0 Å². The molecular weight excluding hydrogens is 202 g/mol. The molecule has 0 atom stereocenters. The highest BCUT2D eigenvalue weighted by atomic mass is 16.5. The van der Waals surface area contributed by atoms with E-state index in [9.17, 15) is 5.11 Å². The average Bonchev–Trinajstić information content (AvgIpc) is 2.27. The molecule has 0 unspecified atom stereocenters. The van der Waals surface area contributed by atoms with E-state index in [-0.39, 0.29) is 12.1 Å². The summed E-state index contributed by atoms with van der Waals surface area (Å²) in [6, 6.07) is 7.82. The first-order valence-corrected chi connectivity index (χ1v) is 5.70. The highest BCUT2D eigenvalue weighted by Crippen LogP contribution is 2.39. The molecule has 0 aliphatic heterocycles. The lowest BCUT2D eigenvalue weighted by Gasteiger charge is -2.46. The number of anilines is 1. The molecule has 0 bridgehead atoms. The third kappa shape index (κ3) is 2.14. The molecule has 0 saturated heterocycles. The van der Waals surface area contributed by atoms with E-state index in [0.717, 1.165) is 24.3 Å². The highest BCUT2D eigenvalue weighted by Gasteiger charge is 2.41. The third-order valence-electron chi connectivity index (χ3n) is 3.28. The average molecular weight is 221 g/mol. The Morgan fingerprint density at radius 1 is 1.38 bits per heavy atom. The molecule has 0 spiro atoms. The monoisotopic (exact) mass is 221 g/mol. The molecule has 1 fully saturated rings. The molecule has 1 saturated carbocycles. The van der Waals surface area contributed by atoms with Gasteiger partial charge in [0.2, 0.25) is 0 Å². The lowest BCUT2D eigenvalue weighted by Crippen LogP contribution is -2.52. The predicted octanol–water partition coefficient (Wildman–Crippen LogP) is 2.27. The fraction of sp³-hybridized carbons (Fsp3) is 0.538. The molecule has 3 heteroatoms. The summed E-state index contributed by atoms with van der Waals surface area (Å²) < 4.78 is 5.11. The van der Waals surface area contributed by atoms with Crippen molar-refractivity contribution in [3.63, 3.8) is 0 Å². The number of aliphatic hydroxyl groups excluding tert-OH is 1. The zero-order valence-corrected chi connectivity index (χ0v) is 9.86. The Morgan fingerprint density at radius 2 is 2.00 bits per heavy atom. The van der Waals surface area contributed by atoms with Crippen LogP contribution in [0.3, 0.4) is 0 Å². The van der Waals surface area contributed by atoms with Crippen LogP contribution in [0.2, 0.25) is 0 Å². The van der Waals surface area contributed by atoms with Crippen LogP contribution in [0, 0.1) is 5.92 Å². The first kappa shape index (κ1) is 11.3. The van der Waals surface area contributed by atoms with Crippen molar-refractivity contribution in [2.75, 3.05) is 19.0 Å². The minimum atomic E-state index is -0.103. The molecule has 0 aromatic heterocycles. The van der Waals surface area contributed by atoms with E-state index in [2.05, 4.69) is 12.2 Å². The minimum absolute atomic E-state index is 0.103. The molecule has 16 heavy (non-hydrogen) atoms. The number of methoxy groups -OCH3 is 1. The molecule has 0 amide bonds. The number of hydrogen-bond donors (Lipinski definition) is 2. The maximum atomic E-state index is 9.43. The van der Waals surface area contributed by atoms with Gasteiger partial charge in [-0.05, 0) is 43.0 Å². The van der Waals surface area contributed by atoms with Crippen LogP contribution in [0.1, 0.15) is 19.8 Å². The summed E-state index contributed by atoms with van der Waals surface area (Å²) in [6.45, 7) is 2.41. The van der Waals surface area contributed by atoms with Crippen molar-refractivity contribution in [3.05, 3.63) is 24.3 Å². The maximum absolute atomic E-state index is 9.43. The second kappa shape index (κ2) is 4.34. The van der Waals surface area contributed by atoms with Gasteiger partial charge in [-0.1, -0.05) is 6.92 Å². The standard InChI is InChI=1S/C13H19NO2/c1-10-7-13(8-10,9-15)14-11-3-5-12(16-2)6-4-11/h3-6,10,14-15H,7-9H2,1-2H3. The van der Waals surface area contributed by atoms with Crippen molar-refractivity contribution >= 4 is 5.69 Å². The third-order valence-corrected chi connectivity index (χ3v) is 3.28. The molecule has 88 valence electrons. The smallest absolute Gasteiger partial charge is 0.119 e. The van der Waals surface area contributed by atoms with Crippen LogP contribution in [0.25, 0.3) is 0 Å². The molecule has 1 aliphatic rings. The zero-order chi connectivity index (χ0) is 11.6. The van der Waals surface area contributed by atoms with Gasteiger partial charge in [-0.3, -0.25) is 0 Å². The summed E-state index contributed by atoms with van der Waals surface area (Å²) in [5, 5.41) is 12.8. The van der Waals surface area contributed by atoms with Crippen LogP contribution in [0.4, 0.5) is 5.69 Å². The second-order valence-corrected chi connectivity index (χ2v) is 4.81. The summed E-state index contributed by atoms with van der Waals surface area (Å²) in [5.74, 6) is 1.56. The van der Waals surface area contributed by atoms with Gasteiger partial charge >= 0.3 is 0 Å². The topological polar surface area (TPSA) is 41.5 Å². The SMILES string of the molecule is COc1ccc(NC2(CO)CC(C)C2)cc1. The first-order chi connectivity index (χ1) is 7.67. The molecule has 0 heterocycles. The van der Waals surface area contributed by atoms with Crippen molar-refractivity contribution in [1.29, 1.82) is 0 Å². The van der Waals surface area contributed by atoms with Crippen molar-refractivity contribution in [1.82, 2.24) is 0 Å². The number of rotatable bonds is 4. The Morgan fingerprint density at radius 3 is 2.44 bits per heavy atom. The Kier molecular flexibility index (Phi) is 3.06. The fourth-order valence-corrected chi connectivity index (χ4v) is 2.53. The quantitative estimate of drug-likeness (QED) is 0.819. The van der Waals surface area contributed by atoms with E-state index >= 15 is 0 Å². The number of ether oxygens (including phenoxy) is 1. The number of aliphatic hydroxyl groups is 1. The second-order valence-electron chi connectivity index (χ2n) is 4.81. The summed E-state index contributed by atoms with van der Waals surface area (Å²) in [6.07, 6.45) is 2.07. The largest absolute Gasteiger partial charge is 0.497 e. The Balaban J connectivity index is 2.02. The van der Waals surface area contributed by atoms with Crippen molar-refractivity contribution in [2.45, 2.75) is 25.3 Å². The van der Waals surface area contributed by atoms with Crippen molar-refractivity contribution in [3.8, 4) is 5.75 Å². The fourth-order valence-electron chi connectivity index (χ4n) is 2.53. The zero-order valence-electron chi connectivity index (χ0n) is 9.86. The van der Waals surface area contributed by atoms with Gasteiger partial charge in [0, 0.05) is 5.69 Å². The summed E-state index contributed by atoms with van der Waals surface area (Å²) in [7, 11) is 1.66. The van der Waals surface area contributed by atoms with Gasteiger partial charge in [-0.15, -0.1) is 0 Å². The van der Waals surface area contributed by atoms with Crippen LogP contribution < -0.4 is 10.1 Å². The van der Waals surface area contributed by atoms with Crippen molar-refractivity contribution < 1.29 is 9.84 Å². The first-order valence-electron chi connectivity index (χ1n) is 5.70. The Bertz CT molecular complexity index is 341. The molecule has 1 aliphatic carbocycles. The highest BCUT2D eigenvalue weighted by molar-refractivity contribution is 5.49. The minimum Gasteiger partial charge on any atom is -0.497 e. The van der Waals surface area contributed by atoms with E-state index < -0.39 is 0 Å². The van der Waals surface area contributed by atoms with Crippen LogP contribution in [0.15, 0.2) is 24.3 Å². The van der Waals surface area contributed by atoms with Crippen LogP contribution in [-0.2, 0) is 0 Å². The molecule has 1 aromatic carbocycles. The number of nitrogens with one attached hydrogen (secondary N) is 1. The number of hydrogen-bond acceptors (Lipinski definition) is 3. The van der Waals surface area contributed by atoms with Gasteiger partial charge in [0.15, 0.2) is 0 Å². The van der Waals surface area contributed by atoms with Crippen LogP contribution >= 0.6 is 0 Å². The summed E-state index contributed by atoms with van der Waals surface area (Å²) in [5.41, 5.74) is 0.940. The van der Waals surface area contributed by atoms with Gasteiger partial charge in [0.1, 0.15) is 5.75 Å². The van der Waals surface area contributed by atoms with E-state index in [4.69, 9.17) is 4.74 Å². The van der Waals surface area contributed by atoms with E-state index in [1.807, 2.05) is 24.3 Å². The Hall–Kier alpha value is -1.22. The van der Waals surface area contributed by atoms with Crippen molar-refractivity contribution in [2.24, 2.45) is 5.92 Å². The van der Waals surface area contributed by atoms with Gasteiger partial charge in [0.25, 0.3) is 0 Å². The van der Waals surface area contributed by atoms with E-state index in [1.54, 1.807) is 7.11 Å². The van der Waals surface area contributed by atoms with Crippen LogP contribution in [0.5, 0.6) is 5.75 Å². The molecular formula is C13H19NO2. The van der Waals surface area contributed by atoms with Crippen LogP contribution in [-0.4, -0.2) is 24.4 Å². The predicted molar refractivity (Wildman–Crippen MR) is 64.8 cm³/mol.